The van der Waals surface area contributed by atoms with Crippen LogP contribution in [-0.2, 0) is 0 Å². The molecule has 0 fully saturated rings. The molecule has 1 aliphatic rings. The summed E-state index contributed by atoms with van der Waals surface area (Å²) in [5, 5.41) is 18.6. The molecule has 0 saturated heterocycles. The van der Waals surface area contributed by atoms with E-state index in [1.165, 1.54) is 0 Å². The van der Waals surface area contributed by atoms with Gasteiger partial charge >= 0.3 is 0 Å². The van der Waals surface area contributed by atoms with E-state index in [0.29, 0.717) is 11.1 Å². The quantitative estimate of drug-likeness (QED) is 0.724. The number of rotatable bonds is 4. The van der Waals surface area contributed by atoms with E-state index in [-0.39, 0.29) is 5.41 Å². The van der Waals surface area contributed by atoms with Crippen LogP contribution in [0.25, 0.3) is 12.2 Å². The lowest BCUT2D eigenvalue weighted by molar-refractivity contribution is 0.640. The minimum absolute atomic E-state index is 0.278. The van der Waals surface area contributed by atoms with Gasteiger partial charge in [-0.05, 0) is 29.7 Å². The van der Waals surface area contributed by atoms with Gasteiger partial charge in [-0.1, -0.05) is 85.0 Å². The van der Waals surface area contributed by atoms with Gasteiger partial charge in [0.25, 0.3) is 0 Å². The normalized spacial score (nSPS) is 18.8. The van der Waals surface area contributed by atoms with Crippen LogP contribution >= 0.6 is 0 Å². The summed E-state index contributed by atoms with van der Waals surface area (Å²) in [7, 11) is 0. The van der Waals surface area contributed by atoms with Crippen LogP contribution in [0.5, 0.6) is 0 Å². The van der Waals surface area contributed by atoms with Gasteiger partial charge in [-0.3, -0.25) is 0 Å². The molecule has 0 spiro atoms. The van der Waals surface area contributed by atoms with Crippen LogP contribution in [0.3, 0.4) is 0 Å². The van der Waals surface area contributed by atoms with E-state index in [1.54, 1.807) is 0 Å². The second kappa shape index (κ2) is 7.97. The van der Waals surface area contributed by atoms with Gasteiger partial charge in [0.2, 0.25) is 0 Å². The Labute approximate surface area is 154 Å². The molecule has 0 bridgehead atoms. The predicted octanol–water partition coefficient (Wildman–Crippen LogP) is 5.66. The Balaban J connectivity index is 1.95. The number of allylic oxidation sites excluding steroid dienone is 6. The maximum atomic E-state index is 9.28. The van der Waals surface area contributed by atoms with Crippen molar-refractivity contribution in [2.75, 3.05) is 0 Å². The highest BCUT2D eigenvalue weighted by Gasteiger charge is 2.20. The van der Waals surface area contributed by atoms with Crippen molar-refractivity contribution in [3.63, 3.8) is 0 Å². The molecule has 1 aliphatic carbocycles. The lowest BCUT2D eigenvalue weighted by atomic mass is 9.80. The Bertz CT molecular complexity index is 924. The summed E-state index contributed by atoms with van der Waals surface area (Å²) in [6.45, 7) is 0. The summed E-state index contributed by atoms with van der Waals surface area (Å²) in [5.74, 6) is 0. The highest BCUT2D eigenvalue weighted by molar-refractivity contribution is 5.62. The van der Waals surface area contributed by atoms with Crippen molar-refractivity contribution in [1.82, 2.24) is 0 Å². The molecule has 0 radical (unpaired) electrons. The van der Waals surface area contributed by atoms with Crippen LogP contribution in [0.2, 0.25) is 0 Å². The van der Waals surface area contributed by atoms with Crippen molar-refractivity contribution < 1.29 is 0 Å². The number of benzene rings is 2. The molecular formula is C24H18N2. The van der Waals surface area contributed by atoms with E-state index < -0.39 is 0 Å². The van der Waals surface area contributed by atoms with Crippen molar-refractivity contribution >= 4 is 12.2 Å². The zero-order chi connectivity index (χ0) is 18.2. The molecule has 2 nitrogen and oxygen atoms in total. The Morgan fingerprint density at radius 1 is 0.769 bits per heavy atom. The highest BCUT2D eigenvalue weighted by Crippen LogP contribution is 2.33. The van der Waals surface area contributed by atoms with Gasteiger partial charge in [0.05, 0.1) is 23.3 Å². The van der Waals surface area contributed by atoms with Gasteiger partial charge in [0.15, 0.2) is 0 Å². The molecule has 0 N–H and O–H groups in total. The number of nitrogens with zero attached hydrogens (tertiary/aromatic N) is 2. The third-order valence-electron chi connectivity index (χ3n) is 4.43. The van der Waals surface area contributed by atoms with E-state index in [9.17, 15) is 10.5 Å². The standard InChI is InChI=1S/C24H18N2/c25-18-22-10-4-2-8-20(22)12-16-24(14-6-1-7-15-24)17-13-21-9-3-5-11-23(21)19-26/h1-14,16-17H,15H2. The Kier molecular flexibility index (Phi) is 5.28. The summed E-state index contributed by atoms with van der Waals surface area (Å²) in [5.41, 5.74) is 2.85. The third kappa shape index (κ3) is 3.89. The third-order valence-corrected chi connectivity index (χ3v) is 4.43. The molecular weight excluding hydrogens is 316 g/mol. The van der Waals surface area contributed by atoms with Crippen LogP contribution in [0, 0.1) is 28.1 Å². The summed E-state index contributed by atoms with van der Waals surface area (Å²) in [6, 6.07) is 19.6. The van der Waals surface area contributed by atoms with Crippen LogP contribution in [0.4, 0.5) is 0 Å². The van der Waals surface area contributed by atoms with E-state index in [4.69, 9.17) is 0 Å². The first-order chi connectivity index (χ1) is 12.8. The van der Waals surface area contributed by atoms with Crippen molar-refractivity contribution in [3.8, 4) is 12.1 Å². The largest absolute Gasteiger partial charge is 0.192 e. The van der Waals surface area contributed by atoms with Gasteiger partial charge in [-0.2, -0.15) is 10.5 Å². The Hall–Kier alpha value is -3.62. The van der Waals surface area contributed by atoms with Gasteiger partial charge in [0, 0.05) is 5.41 Å². The van der Waals surface area contributed by atoms with Crippen LogP contribution < -0.4 is 0 Å². The monoisotopic (exact) mass is 334 g/mol. The molecule has 0 atom stereocenters. The molecule has 0 amide bonds. The zero-order valence-electron chi connectivity index (χ0n) is 14.3. The topological polar surface area (TPSA) is 47.6 Å². The van der Waals surface area contributed by atoms with Crippen molar-refractivity contribution in [1.29, 1.82) is 10.5 Å². The SMILES string of the molecule is N#Cc1ccccc1C=CC1(C=Cc2ccccc2C#N)C=CC=CC1. The Morgan fingerprint density at radius 2 is 1.31 bits per heavy atom. The predicted molar refractivity (Wildman–Crippen MR) is 106 cm³/mol. The van der Waals surface area contributed by atoms with Crippen molar-refractivity contribution in [2.45, 2.75) is 6.42 Å². The molecule has 0 aliphatic heterocycles. The van der Waals surface area contributed by atoms with E-state index in [1.807, 2.05) is 72.8 Å². The van der Waals surface area contributed by atoms with Crippen LogP contribution in [0.15, 0.2) is 85.0 Å². The summed E-state index contributed by atoms with van der Waals surface area (Å²) >= 11 is 0. The zero-order valence-corrected chi connectivity index (χ0v) is 14.3. The second-order valence-electron chi connectivity index (χ2n) is 6.17. The summed E-state index contributed by atoms with van der Waals surface area (Å²) in [6.07, 6.45) is 17.4. The molecule has 124 valence electrons. The second-order valence-corrected chi connectivity index (χ2v) is 6.17. The average Bonchev–Trinajstić information content (AvgIpc) is 2.72. The molecule has 0 saturated carbocycles. The number of nitriles is 2. The van der Waals surface area contributed by atoms with Crippen molar-refractivity contribution in [2.24, 2.45) is 5.41 Å². The minimum Gasteiger partial charge on any atom is -0.192 e. The van der Waals surface area contributed by atoms with Crippen LogP contribution in [-0.4, -0.2) is 0 Å². The van der Waals surface area contributed by atoms with Gasteiger partial charge in [-0.25, -0.2) is 0 Å². The fraction of sp³-hybridized carbons (Fsp3) is 0.0833. The van der Waals surface area contributed by atoms with Gasteiger partial charge < -0.3 is 0 Å². The highest BCUT2D eigenvalue weighted by atomic mass is 14.3. The molecule has 0 heterocycles. The fourth-order valence-corrected chi connectivity index (χ4v) is 2.93. The molecule has 2 aromatic rings. The first-order valence-corrected chi connectivity index (χ1v) is 8.47. The molecule has 2 heteroatoms. The minimum atomic E-state index is -0.278. The number of hydrogen-bond donors (Lipinski definition) is 0. The molecule has 26 heavy (non-hydrogen) atoms. The first kappa shape index (κ1) is 17.2. The molecule has 2 aromatic carbocycles. The maximum Gasteiger partial charge on any atom is 0.0997 e. The van der Waals surface area contributed by atoms with Crippen molar-refractivity contribution in [3.05, 3.63) is 107 Å². The van der Waals surface area contributed by atoms with Gasteiger partial charge in [-0.15, -0.1) is 0 Å². The van der Waals surface area contributed by atoms with E-state index >= 15 is 0 Å². The summed E-state index contributed by atoms with van der Waals surface area (Å²) < 4.78 is 0. The molecule has 0 aromatic heterocycles. The molecule has 3 rings (SSSR count). The molecule has 0 unspecified atom stereocenters. The smallest absolute Gasteiger partial charge is 0.0997 e. The Morgan fingerprint density at radius 3 is 1.77 bits per heavy atom. The fourth-order valence-electron chi connectivity index (χ4n) is 2.93. The maximum absolute atomic E-state index is 9.28. The lowest BCUT2D eigenvalue weighted by Gasteiger charge is -2.24. The first-order valence-electron chi connectivity index (χ1n) is 8.47. The van der Waals surface area contributed by atoms with Crippen LogP contribution in [0.1, 0.15) is 28.7 Å². The summed E-state index contributed by atoms with van der Waals surface area (Å²) in [4.78, 5) is 0. The van der Waals surface area contributed by atoms with E-state index in [2.05, 4.69) is 36.4 Å². The number of hydrogen-bond acceptors (Lipinski definition) is 2. The lowest BCUT2D eigenvalue weighted by Crippen LogP contribution is -2.12. The van der Waals surface area contributed by atoms with E-state index in [0.717, 1.165) is 17.5 Å². The average molecular weight is 334 g/mol. The van der Waals surface area contributed by atoms with Gasteiger partial charge in [0.1, 0.15) is 0 Å².